The predicted molar refractivity (Wildman–Crippen MR) is 49.4 cm³/mol. The Morgan fingerprint density at radius 2 is 2.31 bits per heavy atom. The van der Waals surface area contributed by atoms with Crippen LogP contribution in [0.1, 0.15) is 5.69 Å². The summed E-state index contributed by atoms with van der Waals surface area (Å²) in [5, 5.41) is 7.44. The summed E-state index contributed by atoms with van der Waals surface area (Å²) in [6.07, 6.45) is 3.12. The van der Waals surface area contributed by atoms with E-state index in [0.717, 1.165) is 11.4 Å². The lowest BCUT2D eigenvalue weighted by Crippen LogP contribution is -1.84. The summed E-state index contributed by atoms with van der Waals surface area (Å²) in [5.41, 5.74) is 2.24. The summed E-state index contributed by atoms with van der Waals surface area (Å²) in [4.78, 5) is 7.86. The minimum Gasteiger partial charge on any atom is -0.281 e. The van der Waals surface area contributed by atoms with Crippen molar-refractivity contribution in [2.45, 2.75) is 6.92 Å². The van der Waals surface area contributed by atoms with Gasteiger partial charge in [0, 0.05) is 6.20 Å². The number of H-pyrrole nitrogens is 1. The zero-order valence-corrected chi connectivity index (χ0v) is 7.71. The number of nitrogens with one attached hydrogen (secondary N) is 1. The van der Waals surface area contributed by atoms with Gasteiger partial charge in [-0.05, 0) is 13.0 Å². The van der Waals surface area contributed by atoms with Gasteiger partial charge in [0.2, 0.25) is 0 Å². The average molecular weight is 195 g/mol. The van der Waals surface area contributed by atoms with Crippen molar-refractivity contribution >= 4 is 11.6 Å². The molecule has 0 bridgehead atoms. The average Bonchev–Trinajstić information content (AvgIpc) is 2.49. The Morgan fingerprint density at radius 1 is 1.46 bits per heavy atom. The van der Waals surface area contributed by atoms with E-state index in [4.69, 9.17) is 11.6 Å². The summed E-state index contributed by atoms with van der Waals surface area (Å²) in [7, 11) is 0. The molecule has 0 saturated heterocycles. The number of hydrogen-bond acceptors (Lipinski definition) is 3. The van der Waals surface area contributed by atoms with Crippen molar-refractivity contribution in [3.63, 3.8) is 0 Å². The van der Waals surface area contributed by atoms with E-state index in [1.54, 1.807) is 12.3 Å². The molecule has 66 valence electrons. The molecule has 0 saturated carbocycles. The zero-order chi connectivity index (χ0) is 9.26. The topological polar surface area (TPSA) is 54.5 Å². The number of rotatable bonds is 1. The molecule has 2 aromatic heterocycles. The van der Waals surface area contributed by atoms with Crippen molar-refractivity contribution in [3.8, 4) is 11.4 Å². The van der Waals surface area contributed by atoms with Crippen LogP contribution in [0.5, 0.6) is 0 Å². The molecule has 4 nitrogen and oxygen atoms in total. The van der Waals surface area contributed by atoms with Crippen molar-refractivity contribution < 1.29 is 0 Å². The highest BCUT2D eigenvalue weighted by atomic mass is 35.5. The van der Waals surface area contributed by atoms with Crippen LogP contribution in [-0.4, -0.2) is 20.2 Å². The second kappa shape index (κ2) is 3.14. The second-order valence-electron chi connectivity index (χ2n) is 2.61. The van der Waals surface area contributed by atoms with Gasteiger partial charge in [-0.25, -0.2) is 9.97 Å². The first kappa shape index (κ1) is 8.19. The SMILES string of the molecule is Cc1[nH]nc(-c2ccncn2)c1Cl. The number of nitrogens with zero attached hydrogens (tertiary/aromatic N) is 3. The monoisotopic (exact) mass is 194 g/mol. The van der Waals surface area contributed by atoms with Gasteiger partial charge in [0.1, 0.15) is 12.0 Å². The minimum atomic E-state index is 0.610. The molecule has 2 heterocycles. The first-order valence-electron chi connectivity index (χ1n) is 3.76. The van der Waals surface area contributed by atoms with E-state index in [1.165, 1.54) is 6.33 Å². The molecule has 0 aromatic carbocycles. The van der Waals surface area contributed by atoms with Crippen molar-refractivity contribution in [1.82, 2.24) is 20.2 Å². The van der Waals surface area contributed by atoms with E-state index in [0.29, 0.717) is 10.7 Å². The van der Waals surface area contributed by atoms with Gasteiger partial charge >= 0.3 is 0 Å². The second-order valence-corrected chi connectivity index (χ2v) is 2.98. The molecule has 0 fully saturated rings. The van der Waals surface area contributed by atoms with Crippen LogP contribution in [0, 0.1) is 6.92 Å². The maximum atomic E-state index is 5.99. The molecule has 0 aliphatic heterocycles. The zero-order valence-electron chi connectivity index (χ0n) is 6.95. The Balaban J connectivity index is 2.53. The van der Waals surface area contributed by atoms with Crippen LogP contribution < -0.4 is 0 Å². The van der Waals surface area contributed by atoms with Gasteiger partial charge in [-0.1, -0.05) is 11.6 Å². The van der Waals surface area contributed by atoms with E-state index in [-0.39, 0.29) is 0 Å². The van der Waals surface area contributed by atoms with Crippen LogP contribution >= 0.6 is 11.6 Å². The largest absolute Gasteiger partial charge is 0.281 e. The van der Waals surface area contributed by atoms with Crippen LogP contribution in [0.3, 0.4) is 0 Å². The molecule has 13 heavy (non-hydrogen) atoms. The molecule has 1 N–H and O–H groups in total. The van der Waals surface area contributed by atoms with Crippen molar-refractivity contribution in [2.75, 3.05) is 0 Å². The smallest absolute Gasteiger partial charge is 0.129 e. The number of aromatic nitrogens is 4. The summed E-state index contributed by atoms with van der Waals surface area (Å²) in [6.45, 7) is 1.86. The quantitative estimate of drug-likeness (QED) is 0.754. The normalized spacial score (nSPS) is 10.3. The van der Waals surface area contributed by atoms with Crippen LogP contribution in [0.25, 0.3) is 11.4 Å². The van der Waals surface area contributed by atoms with Gasteiger partial charge in [0.25, 0.3) is 0 Å². The lowest BCUT2D eigenvalue weighted by atomic mass is 10.3. The van der Waals surface area contributed by atoms with Gasteiger partial charge in [0.05, 0.1) is 16.4 Å². The minimum absolute atomic E-state index is 0.610. The summed E-state index contributed by atoms with van der Waals surface area (Å²) < 4.78 is 0. The Bertz CT molecular complexity index is 409. The van der Waals surface area contributed by atoms with Gasteiger partial charge in [0.15, 0.2) is 0 Å². The van der Waals surface area contributed by atoms with Gasteiger partial charge in [-0.15, -0.1) is 0 Å². The van der Waals surface area contributed by atoms with Crippen molar-refractivity contribution in [1.29, 1.82) is 0 Å². The van der Waals surface area contributed by atoms with Crippen LogP contribution in [0.2, 0.25) is 5.02 Å². The highest BCUT2D eigenvalue weighted by Gasteiger charge is 2.10. The molecular weight excluding hydrogens is 188 g/mol. The highest BCUT2D eigenvalue weighted by molar-refractivity contribution is 6.33. The molecule has 0 unspecified atom stereocenters. The molecule has 0 amide bonds. The highest BCUT2D eigenvalue weighted by Crippen LogP contribution is 2.25. The third kappa shape index (κ3) is 1.40. The number of halogens is 1. The number of aryl methyl sites for hydroxylation is 1. The predicted octanol–water partition coefficient (Wildman–Crippen LogP) is 1.83. The molecule has 2 rings (SSSR count). The van der Waals surface area contributed by atoms with Crippen LogP contribution in [0.15, 0.2) is 18.6 Å². The molecule has 0 spiro atoms. The maximum Gasteiger partial charge on any atom is 0.129 e. The standard InChI is InChI=1S/C8H7ClN4/c1-5-7(9)8(13-12-5)6-2-3-10-4-11-6/h2-4H,1H3,(H,12,13). The maximum absolute atomic E-state index is 5.99. The van der Waals surface area contributed by atoms with E-state index in [9.17, 15) is 0 Å². The van der Waals surface area contributed by atoms with E-state index < -0.39 is 0 Å². The third-order valence-corrected chi connectivity index (χ3v) is 2.16. The Morgan fingerprint density at radius 3 is 2.85 bits per heavy atom. The molecule has 0 radical (unpaired) electrons. The Kier molecular flexibility index (Phi) is 1.98. The number of hydrogen-bond donors (Lipinski definition) is 1. The third-order valence-electron chi connectivity index (χ3n) is 1.70. The lowest BCUT2D eigenvalue weighted by molar-refractivity contribution is 1.04. The van der Waals surface area contributed by atoms with E-state index in [1.807, 2.05) is 6.92 Å². The van der Waals surface area contributed by atoms with Crippen LogP contribution in [-0.2, 0) is 0 Å². The molecule has 0 aliphatic carbocycles. The fraction of sp³-hybridized carbons (Fsp3) is 0.125. The first-order valence-corrected chi connectivity index (χ1v) is 4.13. The van der Waals surface area contributed by atoms with Crippen molar-refractivity contribution in [3.05, 3.63) is 29.3 Å². The first-order chi connectivity index (χ1) is 6.29. The fourth-order valence-electron chi connectivity index (χ4n) is 1.02. The van der Waals surface area contributed by atoms with Gasteiger partial charge in [-0.3, -0.25) is 5.10 Å². The van der Waals surface area contributed by atoms with Gasteiger partial charge < -0.3 is 0 Å². The number of aromatic amines is 1. The molecule has 2 aromatic rings. The summed E-state index contributed by atoms with van der Waals surface area (Å²) in [6, 6.07) is 1.77. The lowest BCUT2D eigenvalue weighted by Gasteiger charge is -1.93. The van der Waals surface area contributed by atoms with E-state index >= 15 is 0 Å². The van der Waals surface area contributed by atoms with E-state index in [2.05, 4.69) is 20.2 Å². The molecule has 0 atom stereocenters. The fourth-order valence-corrected chi connectivity index (χ4v) is 1.20. The van der Waals surface area contributed by atoms with Gasteiger partial charge in [-0.2, -0.15) is 5.10 Å². The molecule has 5 heteroatoms. The Labute approximate surface area is 80.0 Å². The molecular formula is C8H7ClN4. The Hall–Kier alpha value is -1.42. The van der Waals surface area contributed by atoms with Crippen LogP contribution in [0.4, 0.5) is 0 Å². The van der Waals surface area contributed by atoms with Crippen molar-refractivity contribution in [2.24, 2.45) is 0 Å². The summed E-state index contributed by atoms with van der Waals surface area (Å²) in [5.74, 6) is 0. The summed E-state index contributed by atoms with van der Waals surface area (Å²) >= 11 is 5.99. The molecule has 0 aliphatic rings.